The predicted octanol–water partition coefficient (Wildman–Crippen LogP) is 0.178. The van der Waals surface area contributed by atoms with Crippen LogP contribution < -0.4 is 0 Å². The van der Waals surface area contributed by atoms with E-state index in [1.54, 1.807) is 16.7 Å². The summed E-state index contributed by atoms with van der Waals surface area (Å²) in [5.41, 5.74) is 0. The lowest BCUT2D eigenvalue weighted by molar-refractivity contribution is -0.142. The molecule has 0 bridgehead atoms. The second kappa shape index (κ2) is 5.59. The first-order chi connectivity index (χ1) is 8.99. The fourth-order valence-electron chi connectivity index (χ4n) is 2.86. The summed E-state index contributed by atoms with van der Waals surface area (Å²) in [4.78, 5) is 37.8. The van der Waals surface area contributed by atoms with E-state index in [-0.39, 0.29) is 17.7 Å². The van der Waals surface area contributed by atoms with Crippen molar-refractivity contribution in [3.8, 4) is 0 Å². The Balaban J connectivity index is 1.85. The number of rotatable bonds is 2. The molecule has 1 atom stereocenters. The van der Waals surface area contributed by atoms with Crippen LogP contribution in [0.15, 0.2) is 0 Å². The van der Waals surface area contributed by atoms with Crippen LogP contribution >= 0.6 is 0 Å². The summed E-state index contributed by atoms with van der Waals surface area (Å²) in [6.45, 7) is 3.67. The summed E-state index contributed by atoms with van der Waals surface area (Å²) < 4.78 is 0. The van der Waals surface area contributed by atoms with Crippen LogP contribution in [-0.4, -0.2) is 58.9 Å². The van der Waals surface area contributed by atoms with Gasteiger partial charge in [-0.1, -0.05) is 0 Å². The lowest BCUT2D eigenvalue weighted by Gasteiger charge is -2.32. The highest BCUT2D eigenvalue weighted by atomic mass is 16.4. The predicted molar refractivity (Wildman–Crippen MR) is 67.3 cm³/mol. The molecule has 6 nitrogen and oxygen atoms in total. The second-order valence-corrected chi connectivity index (χ2v) is 5.39. The summed E-state index contributed by atoms with van der Waals surface area (Å²) >= 11 is 0. The number of nitrogens with zero attached hydrogens (tertiary/aromatic N) is 2. The monoisotopic (exact) mass is 268 g/mol. The number of carboxylic acids is 1. The summed E-state index contributed by atoms with van der Waals surface area (Å²) in [5, 5.41) is 8.94. The van der Waals surface area contributed by atoms with Gasteiger partial charge < -0.3 is 14.9 Å². The Morgan fingerprint density at radius 1 is 0.947 bits per heavy atom. The van der Waals surface area contributed by atoms with Gasteiger partial charge in [0.25, 0.3) is 0 Å². The molecule has 0 aromatic carbocycles. The fraction of sp³-hybridized carbons (Fsp3) is 0.769. The maximum Gasteiger partial charge on any atom is 0.308 e. The number of likely N-dealkylation sites (tertiary alicyclic amines) is 2. The molecule has 0 radical (unpaired) electrons. The molecule has 19 heavy (non-hydrogen) atoms. The molecule has 0 saturated carbocycles. The van der Waals surface area contributed by atoms with Crippen molar-refractivity contribution in [1.82, 2.24) is 9.80 Å². The molecular formula is C13H20N2O4. The van der Waals surface area contributed by atoms with Crippen LogP contribution in [0.3, 0.4) is 0 Å². The molecule has 2 rings (SSSR count). The first kappa shape index (κ1) is 13.8. The maximum atomic E-state index is 12.3. The normalized spacial score (nSPS) is 24.6. The molecule has 106 valence electrons. The molecule has 2 heterocycles. The van der Waals surface area contributed by atoms with E-state index in [1.165, 1.54) is 0 Å². The zero-order valence-electron chi connectivity index (χ0n) is 11.2. The van der Waals surface area contributed by atoms with E-state index in [2.05, 4.69) is 0 Å². The first-order valence-corrected chi connectivity index (χ1v) is 6.76. The van der Waals surface area contributed by atoms with E-state index >= 15 is 0 Å². The number of aliphatic carboxylic acids is 1. The molecule has 0 aromatic heterocycles. The zero-order valence-corrected chi connectivity index (χ0v) is 11.2. The van der Waals surface area contributed by atoms with Gasteiger partial charge in [-0.3, -0.25) is 14.4 Å². The van der Waals surface area contributed by atoms with Crippen molar-refractivity contribution in [2.45, 2.75) is 26.2 Å². The van der Waals surface area contributed by atoms with Gasteiger partial charge in [0.1, 0.15) is 0 Å². The number of carboxylic acid groups (broad SMARTS) is 1. The molecule has 0 aromatic rings. The molecule has 1 unspecified atom stereocenters. The number of carbonyl (C=O) groups is 3. The van der Waals surface area contributed by atoms with Crippen molar-refractivity contribution in [1.29, 1.82) is 0 Å². The number of piperidine rings is 1. The second-order valence-electron chi connectivity index (χ2n) is 5.39. The molecule has 2 saturated heterocycles. The Kier molecular flexibility index (Phi) is 4.07. The Hall–Kier alpha value is -1.59. The molecular weight excluding hydrogens is 248 g/mol. The molecule has 2 fully saturated rings. The van der Waals surface area contributed by atoms with Gasteiger partial charge >= 0.3 is 5.97 Å². The van der Waals surface area contributed by atoms with Crippen molar-refractivity contribution in [2.24, 2.45) is 11.8 Å². The van der Waals surface area contributed by atoms with Gasteiger partial charge in [-0.25, -0.2) is 0 Å². The van der Waals surface area contributed by atoms with E-state index in [0.29, 0.717) is 45.4 Å². The van der Waals surface area contributed by atoms with Crippen molar-refractivity contribution in [3.05, 3.63) is 0 Å². The van der Waals surface area contributed by atoms with Crippen molar-refractivity contribution in [2.75, 3.05) is 26.2 Å². The first-order valence-electron chi connectivity index (χ1n) is 6.76. The number of hydrogen-bond acceptors (Lipinski definition) is 3. The van der Waals surface area contributed by atoms with Gasteiger partial charge in [0, 0.05) is 39.0 Å². The molecule has 6 heteroatoms. The third-order valence-corrected chi connectivity index (χ3v) is 4.14. The average Bonchev–Trinajstić information content (AvgIpc) is 2.87. The summed E-state index contributed by atoms with van der Waals surface area (Å²) in [5.74, 6) is -1.17. The highest BCUT2D eigenvalue weighted by molar-refractivity contribution is 5.81. The summed E-state index contributed by atoms with van der Waals surface area (Å²) in [6.07, 6.45) is 1.92. The van der Waals surface area contributed by atoms with Crippen LogP contribution in [0.25, 0.3) is 0 Å². The van der Waals surface area contributed by atoms with E-state index in [4.69, 9.17) is 5.11 Å². The van der Waals surface area contributed by atoms with E-state index in [0.717, 1.165) is 0 Å². The third-order valence-electron chi connectivity index (χ3n) is 4.14. The summed E-state index contributed by atoms with van der Waals surface area (Å²) in [7, 11) is 0. The van der Waals surface area contributed by atoms with Gasteiger partial charge in [0.05, 0.1) is 5.92 Å². The van der Waals surface area contributed by atoms with Crippen LogP contribution in [0.5, 0.6) is 0 Å². The average molecular weight is 268 g/mol. The van der Waals surface area contributed by atoms with E-state index in [1.807, 2.05) is 0 Å². The standard InChI is InChI=1S/C13H20N2O4/c1-9(16)14-5-2-10(3-6-14)12(17)15-7-4-11(8-15)13(18)19/h10-11H,2-8H2,1H3,(H,18,19). The third kappa shape index (κ3) is 3.05. The topological polar surface area (TPSA) is 77.9 Å². The lowest BCUT2D eigenvalue weighted by Crippen LogP contribution is -2.43. The zero-order chi connectivity index (χ0) is 14.0. The minimum absolute atomic E-state index is 0.0526. The SMILES string of the molecule is CC(=O)N1CCC(C(=O)N2CCC(C(=O)O)C2)CC1. The van der Waals surface area contributed by atoms with Crippen LogP contribution in [0.2, 0.25) is 0 Å². The van der Waals surface area contributed by atoms with Crippen LogP contribution in [-0.2, 0) is 14.4 Å². The van der Waals surface area contributed by atoms with Gasteiger partial charge in [-0.05, 0) is 19.3 Å². The molecule has 0 spiro atoms. The largest absolute Gasteiger partial charge is 0.481 e. The summed E-state index contributed by atoms with van der Waals surface area (Å²) in [6, 6.07) is 0. The molecule has 1 N–H and O–H groups in total. The Labute approximate surface area is 112 Å². The Bertz CT molecular complexity index is 388. The molecule has 2 amide bonds. The highest BCUT2D eigenvalue weighted by Gasteiger charge is 2.35. The van der Waals surface area contributed by atoms with E-state index in [9.17, 15) is 14.4 Å². The maximum absolute atomic E-state index is 12.3. The van der Waals surface area contributed by atoms with Crippen molar-refractivity contribution in [3.63, 3.8) is 0 Å². The molecule has 2 aliphatic heterocycles. The van der Waals surface area contributed by atoms with Crippen molar-refractivity contribution >= 4 is 17.8 Å². The Morgan fingerprint density at radius 3 is 1.95 bits per heavy atom. The van der Waals surface area contributed by atoms with Crippen LogP contribution in [0.1, 0.15) is 26.2 Å². The van der Waals surface area contributed by atoms with Crippen LogP contribution in [0, 0.1) is 11.8 Å². The molecule has 2 aliphatic rings. The van der Waals surface area contributed by atoms with Gasteiger partial charge in [-0.2, -0.15) is 0 Å². The van der Waals surface area contributed by atoms with Crippen molar-refractivity contribution < 1.29 is 19.5 Å². The highest BCUT2D eigenvalue weighted by Crippen LogP contribution is 2.24. The fourth-order valence-corrected chi connectivity index (χ4v) is 2.86. The number of hydrogen-bond donors (Lipinski definition) is 1. The molecule has 0 aliphatic carbocycles. The van der Waals surface area contributed by atoms with Gasteiger partial charge in [0.2, 0.25) is 11.8 Å². The van der Waals surface area contributed by atoms with E-state index < -0.39 is 11.9 Å². The van der Waals surface area contributed by atoms with Crippen LogP contribution in [0.4, 0.5) is 0 Å². The minimum Gasteiger partial charge on any atom is -0.481 e. The Morgan fingerprint density at radius 2 is 1.47 bits per heavy atom. The lowest BCUT2D eigenvalue weighted by atomic mass is 9.95. The van der Waals surface area contributed by atoms with Gasteiger partial charge in [-0.15, -0.1) is 0 Å². The van der Waals surface area contributed by atoms with Gasteiger partial charge in [0.15, 0.2) is 0 Å². The number of carbonyl (C=O) groups excluding carboxylic acids is 2. The quantitative estimate of drug-likeness (QED) is 0.775. The minimum atomic E-state index is -0.818. The number of amides is 2. The smallest absolute Gasteiger partial charge is 0.308 e.